The summed E-state index contributed by atoms with van der Waals surface area (Å²) in [6.45, 7) is 0. The van der Waals surface area contributed by atoms with Gasteiger partial charge < -0.3 is 9.47 Å². The first kappa shape index (κ1) is 35.2. The maximum Gasteiger partial charge on any atom is 0.0555 e. The second kappa shape index (κ2) is 14.5. The number of aromatic nitrogens is 1. The molecule has 0 aliphatic rings. The molecule has 0 N–H and O–H groups in total. The summed E-state index contributed by atoms with van der Waals surface area (Å²) < 4.78 is 4.97. The first-order valence-corrected chi connectivity index (χ1v) is 21.7. The fraction of sp³-hybridized carbons (Fsp3) is 0. The molecule has 0 spiro atoms. The second-order valence-electron chi connectivity index (χ2n) is 15.7. The minimum absolute atomic E-state index is 1.10. The van der Waals surface area contributed by atoms with Crippen LogP contribution in [0.1, 0.15) is 0 Å². The van der Waals surface area contributed by atoms with Gasteiger partial charge in [0.05, 0.1) is 16.7 Å². The number of hydrogen-bond acceptors (Lipinski definition) is 2. The number of fused-ring (bicyclic) bond motifs is 7. The van der Waals surface area contributed by atoms with E-state index in [4.69, 9.17) is 0 Å². The van der Waals surface area contributed by atoms with Crippen molar-refractivity contribution in [2.45, 2.75) is 0 Å². The second-order valence-corrected chi connectivity index (χ2v) is 16.7. The summed E-state index contributed by atoms with van der Waals surface area (Å²) in [5.74, 6) is 0. The van der Waals surface area contributed by atoms with Crippen LogP contribution in [0.15, 0.2) is 231 Å². The first-order chi connectivity index (χ1) is 30.3. The molecule has 2 aromatic heterocycles. The first-order valence-electron chi connectivity index (χ1n) is 20.8. The highest BCUT2D eigenvalue weighted by molar-refractivity contribution is 7.26. The Bertz CT molecular complexity index is 3560. The van der Waals surface area contributed by atoms with Crippen molar-refractivity contribution >= 4 is 81.1 Å². The highest BCUT2D eigenvalue weighted by atomic mass is 32.1. The smallest absolute Gasteiger partial charge is 0.0555 e. The maximum absolute atomic E-state index is 2.45. The average molecular weight is 795 g/mol. The molecule has 0 atom stereocenters. The van der Waals surface area contributed by atoms with Gasteiger partial charge in [-0.3, -0.25) is 0 Å². The molecular formula is C58H38N2S. The molecule has 0 bridgehead atoms. The van der Waals surface area contributed by atoms with Crippen LogP contribution in [0.5, 0.6) is 0 Å². The van der Waals surface area contributed by atoms with Crippen LogP contribution in [0, 0.1) is 0 Å². The van der Waals surface area contributed by atoms with E-state index < -0.39 is 0 Å². The van der Waals surface area contributed by atoms with E-state index in [1.54, 1.807) is 0 Å². The van der Waals surface area contributed by atoms with E-state index in [1.165, 1.54) is 86.1 Å². The Morgan fingerprint density at radius 3 is 1.75 bits per heavy atom. The monoisotopic (exact) mass is 794 g/mol. The Kier molecular flexibility index (Phi) is 8.39. The standard InChI is InChI=1S/C58H38N2S/c1-3-15-41(16-4-1)49-36-37-54(57-51-21-10-12-25-55(51)61-58(49)57)59(46-32-28-40(29-33-46)44-27-26-39-14-7-8-17-43(39)38-44)47-34-30-42(31-35-47)48-22-13-24-53-56(48)50-20-9-11-23-52(50)60(53)45-18-5-2-6-19-45/h1-38H. The molecular weight excluding hydrogens is 757 g/mol. The number of anilines is 3. The van der Waals surface area contributed by atoms with Gasteiger partial charge in [0.1, 0.15) is 0 Å². The van der Waals surface area contributed by atoms with Crippen molar-refractivity contribution in [1.82, 2.24) is 4.57 Å². The molecule has 0 aliphatic carbocycles. The zero-order chi connectivity index (χ0) is 40.3. The van der Waals surface area contributed by atoms with Crippen molar-refractivity contribution in [2.75, 3.05) is 4.90 Å². The van der Waals surface area contributed by atoms with Crippen LogP contribution in [-0.4, -0.2) is 4.57 Å². The molecule has 12 rings (SSSR count). The largest absolute Gasteiger partial charge is 0.310 e. The highest BCUT2D eigenvalue weighted by Gasteiger charge is 2.22. The lowest BCUT2D eigenvalue weighted by atomic mass is 9.98. The summed E-state index contributed by atoms with van der Waals surface area (Å²) in [6.07, 6.45) is 0. The molecule has 3 heteroatoms. The maximum atomic E-state index is 2.45. The topological polar surface area (TPSA) is 8.17 Å². The molecule has 12 aromatic rings. The van der Waals surface area contributed by atoms with E-state index in [-0.39, 0.29) is 0 Å². The van der Waals surface area contributed by atoms with E-state index in [9.17, 15) is 0 Å². The van der Waals surface area contributed by atoms with Crippen molar-refractivity contribution in [3.05, 3.63) is 231 Å². The summed E-state index contributed by atoms with van der Waals surface area (Å²) in [6, 6.07) is 84.1. The predicted octanol–water partition coefficient (Wildman–Crippen LogP) is 16.8. The van der Waals surface area contributed by atoms with Crippen molar-refractivity contribution in [3.8, 4) is 39.1 Å². The van der Waals surface area contributed by atoms with Gasteiger partial charge in [0, 0.05) is 48.0 Å². The van der Waals surface area contributed by atoms with Crippen LogP contribution < -0.4 is 4.90 Å². The summed E-state index contributed by atoms with van der Waals surface area (Å²) in [5, 5.41) is 7.55. The number of nitrogens with zero attached hydrogens (tertiary/aromatic N) is 2. The molecule has 0 saturated carbocycles. The average Bonchev–Trinajstić information content (AvgIpc) is 3.89. The van der Waals surface area contributed by atoms with Gasteiger partial charge in [-0.25, -0.2) is 0 Å². The lowest BCUT2D eigenvalue weighted by Gasteiger charge is -2.27. The van der Waals surface area contributed by atoms with Crippen molar-refractivity contribution in [2.24, 2.45) is 0 Å². The van der Waals surface area contributed by atoms with Gasteiger partial charge in [0.15, 0.2) is 0 Å². The van der Waals surface area contributed by atoms with Gasteiger partial charge >= 0.3 is 0 Å². The van der Waals surface area contributed by atoms with Gasteiger partial charge in [-0.15, -0.1) is 11.3 Å². The Morgan fingerprint density at radius 1 is 0.361 bits per heavy atom. The minimum atomic E-state index is 1.10. The van der Waals surface area contributed by atoms with E-state index in [2.05, 4.69) is 240 Å². The summed E-state index contributed by atoms with van der Waals surface area (Å²) in [5.41, 5.74) is 14.2. The van der Waals surface area contributed by atoms with Gasteiger partial charge in [-0.05, 0) is 111 Å². The molecule has 0 saturated heterocycles. The van der Waals surface area contributed by atoms with Crippen molar-refractivity contribution < 1.29 is 0 Å². The fourth-order valence-corrected chi connectivity index (χ4v) is 10.6. The minimum Gasteiger partial charge on any atom is -0.310 e. The third-order valence-corrected chi connectivity index (χ3v) is 13.4. The number of para-hydroxylation sites is 2. The molecule has 2 nitrogen and oxygen atoms in total. The molecule has 0 fully saturated rings. The van der Waals surface area contributed by atoms with Crippen LogP contribution in [0.4, 0.5) is 17.1 Å². The van der Waals surface area contributed by atoms with Gasteiger partial charge in [0.2, 0.25) is 0 Å². The normalized spacial score (nSPS) is 11.6. The Labute approximate surface area is 358 Å². The molecule has 0 aliphatic heterocycles. The van der Waals surface area contributed by atoms with Crippen LogP contribution >= 0.6 is 11.3 Å². The van der Waals surface area contributed by atoms with E-state index >= 15 is 0 Å². The highest BCUT2D eigenvalue weighted by Crippen LogP contribution is 2.49. The van der Waals surface area contributed by atoms with Gasteiger partial charge in [-0.2, -0.15) is 0 Å². The summed E-state index contributed by atoms with van der Waals surface area (Å²) >= 11 is 1.88. The molecule has 286 valence electrons. The number of benzene rings is 10. The van der Waals surface area contributed by atoms with Crippen LogP contribution in [0.3, 0.4) is 0 Å². The lowest BCUT2D eigenvalue weighted by Crippen LogP contribution is -2.10. The van der Waals surface area contributed by atoms with Gasteiger partial charge in [0.25, 0.3) is 0 Å². The summed E-state index contributed by atoms with van der Waals surface area (Å²) in [4.78, 5) is 2.45. The zero-order valence-electron chi connectivity index (χ0n) is 33.2. The van der Waals surface area contributed by atoms with Crippen molar-refractivity contribution in [1.29, 1.82) is 0 Å². The zero-order valence-corrected chi connectivity index (χ0v) is 34.1. The number of rotatable bonds is 7. The van der Waals surface area contributed by atoms with Crippen LogP contribution in [0.25, 0.3) is 91.8 Å². The SMILES string of the molecule is c1ccc(-c2ccc(N(c3ccc(-c4ccc5ccccc5c4)cc3)c3ccc(-c4cccc5c4c4ccccc4n5-c4ccccc4)cc3)c3c2sc2ccccc23)cc1. The van der Waals surface area contributed by atoms with E-state index in [1.807, 2.05) is 11.3 Å². The molecule has 0 amide bonds. The third-order valence-electron chi connectivity index (χ3n) is 12.2. The number of hydrogen-bond donors (Lipinski definition) is 0. The predicted molar refractivity (Wildman–Crippen MR) is 262 cm³/mol. The van der Waals surface area contributed by atoms with Gasteiger partial charge in [-0.1, -0.05) is 164 Å². The van der Waals surface area contributed by atoms with Crippen LogP contribution in [-0.2, 0) is 0 Å². The Hall–Kier alpha value is -7.72. The van der Waals surface area contributed by atoms with Crippen molar-refractivity contribution in [3.63, 3.8) is 0 Å². The number of thiophene rings is 1. The Morgan fingerprint density at radius 2 is 0.967 bits per heavy atom. The molecule has 61 heavy (non-hydrogen) atoms. The third kappa shape index (κ3) is 5.93. The molecule has 10 aromatic carbocycles. The molecule has 0 radical (unpaired) electrons. The molecule has 2 heterocycles. The quantitative estimate of drug-likeness (QED) is 0.156. The van der Waals surface area contributed by atoms with Crippen LogP contribution in [0.2, 0.25) is 0 Å². The van der Waals surface area contributed by atoms with E-state index in [0.29, 0.717) is 0 Å². The summed E-state index contributed by atoms with van der Waals surface area (Å²) in [7, 11) is 0. The van der Waals surface area contributed by atoms with E-state index in [0.717, 1.165) is 22.7 Å². The molecule has 0 unspecified atom stereocenters. The Balaban J connectivity index is 1.04. The fourth-order valence-electron chi connectivity index (χ4n) is 9.35. The lowest BCUT2D eigenvalue weighted by molar-refractivity contribution is 1.18.